The van der Waals surface area contributed by atoms with Crippen molar-refractivity contribution < 1.29 is 8.78 Å². The Labute approximate surface area is 121 Å². The summed E-state index contributed by atoms with van der Waals surface area (Å²) < 4.78 is 27.1. The fourth-order valence-electron chi connectivity index (χ4n) is 1.93. The lowest BCUT2D eigenvalue weighted by Crippen LogP contribution is -2.09. The van der Waals surface area contributed by atoms with E-state index in [1.165, 1.54) is 0 Å². The van der Waals surface area contributed by atoms with Gasteiger partial charge in [-0.05, 0) is 26.0 Å². The molecule has 1 aromatic carbocycles. The summed E-state index contributed by atoms with van der Waals surface area (Å²) in [5, 5.41) is 3.20. The first kappa shape index (κ1) is 14.8. The van der Waals surface area contributed by atoms with Crippen LogP contribution in [0.4, 0.5) is 14.5 Å². The van der Waals surface area contributed by atoms with Crippen LogP contribution in [0, 0.1) is 0 Å². The van der Waals surface area contributed by atoms with E-state index < -0.39 is 5.76 Å². The number of hydrogen-bond acceptors (Lipinski definition) is 3. The number of nitrogens with zero attached hydrogens (tertiary/aromatic N) is 2. The zero-order valence-electron chi connectivity index (χ0n) is 11.4. The van der Waals surface area contributed by atoms with Crippen molar-refractivity contribution in [2.24, 2.45) is 0 Å². The largest absolute Gasteiger partial charge is 0.378 e. The van der Waals surface area contributed by atoms with Gasteiger partial charge >= 0.3 is 0 Å². The summed E-state index contributed by atoms with van der Waals surface area (Å²) in [6.45, 7) is 4.70. The van der Waals surface area contributed by atoms with Crippen LogP contribution >= 0.6 is 11.8 Å². The van der Waals surface area contributed by atoms with Crippen LogP contribution in [0.1, 0.15) is 25.6 Å². The van der Waals surface area contributed by atoms with Gasteiger partial charge in [0.05, 0.1) is 18.6 Å². The SMILES string of the molecule is CC(C)n1cncc1CNc1ccccc1SC(F)F. The minimum atomic E-state index is -2.42. The lowest BCUT2D eigenvalue weighted by atomic mass is 10.3. The quantitative estimate of drug-likeness (QED) is 0.802. The van der Waals surface area contributed by atoms with Gasteiger partial charge in [0.2, 0.25) is 0 Å². The number of nitrogens with one attached hydrogen (secondary N) is 1. The number of alkyl halides is 2. The van der Waals surface area contributed by atoms with E-state index in [-0.39, 0.29) is 0 Å². The van der Waals surface area contributed by atoms with Crippen LogP contribution in [0.5, 0.6) is 0 Å². The molecule has 1 N–H and O–H groups in total. The second-order valence-electron chi connectivity index (χ2n) is 4.61. The lowest BCUT2D eigenvalue weighted by Gasteiger charge is -2.14. The third-order valence-corrected chi connectivity index (χ3v) is 3.65. The van der Waals surface area contributed by atoms with Gasteiger partial charge in [-0.25, -0.2) is 4.98 Å². The van der Waals surface area contributed by atoms with Crippen LogP contribution in [-0.2, 0) is 6.54 Å². The zero-order chi connectivity index (χ0) is 14.5. The van der Waals surface area contributed by atoms with Gasteiger partial charge in [-0.1, -0.05) is 23.9 Å². The maximum Gasteiger partial charge on any atom is 0.288 e. The Morgan fingerprint density at radius 1 is 1.30 bits per heavy atom. The molecule has 0 atom stereocenters. The highest BCUT2D eigenvalue weighted by Crippen LogP contribution is 2.31. The molecule has 0 radical (unpaired) electrons. The Morgan fingerprint density at radius 2 is 2.05 bits per heavy atom. The van der Waals surface area contributed by atoms with Gasteiger partial charge in [0.1, 0.15) is 0 Å². The molecule has 0 saturated heterocycles. The van der Waals surface area contributed by atoms with Gasteiger partial charge < -0.3 is 9.88 Å². The number of imidazole rings is 1. The van der Waals surface area contributed by atoms with Crippen LogP contribution in [0.15, 0.2) is 41.7 Å². The predicted molar refractivity (Wildman–Crippen MR) is 78.2 cm³/mol. The van der Waals surface area contributed by atoms with Crippen molar-refractivity contribution in [3.8, 4) is 0 Å². The lowest BCUT2D eigenvalue weighted by molar-refractivity contribution is 0.252. The first-order valence-electron chi connectivity index (χ1n) is 6.36. The van der Waals surface area contributed by atoms with E-state index in [1.54, 1.807) is 30.7 Å². The van der Waals surface area contributed by atoms with E-state index in [2.05, 4.69) is 28.7 Å². The second-order valence-corrected chi connectivity index (χ2v) is 5.65. The Balaban J connectivity index is 2.09. The molecule has 0 bridgehead atoms. The molecule has 0 aliphatic rings. The molecule has 0 saturated carbocycles. The van der Waals surface area contributed by atoms with E-state index in [0.29, 0.717) is 34.9 Å². The molecule has 0 unspecified atom stereocenters. The van der Waals surface area contributed by atoms with Crippen molar-refractivity contribution in [2.45, 2.75) is 37.1 Å². The molecule has 6 heteroatoms. The molecule has 20 heavy (non-hydrogen) atoms. The molecule has 1 aromatic heterocycles. The Hall–Kier alpha value is -1.56. The minimum Gasteiger partial charge on any atom is -0.378 e. The predicted octanol–water partition coefficient (Wildman–Crippen LogP) is 4.39. The van der Waals surface area contributed by atoms with Crippen molar-refractivity contribution in [1.29, 1.82) is 0 Å². The van der Waals surface area contributed by atoms with Crippen LogP contribution in [0.3, 0.4) is 0 Å². The summed E-state index contributed by atoms with van der Waals surface area (Å²) in [7, 11) is 0. The standard InChI is InChI=1S/C14H17F2N3S/c1-10(2)19-9-17-7-11(19)8-18-12-5-3-4-6-13(12)20-14(15)16/h3-7,9-10,14,18H,8H2,1-2H3. The van der Waals surface area contributed by atoms with Gasteiger partial charge in [0.25, 0.3) is 5.76 Å². The molecule has 0 aliphatic heterocycles. The monoisotopic (exact) mass is 297 g/mol. The molecule has 1 heterocycles. The molecule has 108 valence electrons. The highest BCUT2D eigenvalue weighted by atomic mass is 32.2. The van der Waals surface area contributed by atoms with Gasteiger partial charge in [-0.3, -0.25) is 0 Å². The van der Waals surface area contributed by atoms with Crippen molar-refractivity contribution in [3.05, 3.63) is 42.5 Å². The summed E-state index contributed by atoms with van der Waals surface area (Å²) >= 11 is 0.554. The molecule has 0 fully saturated rings. The van der Waals surface area contributed by atoms with E-state index in [9.17, 15) is 8.78 Å². The minimum absolute atomic E-state index is 0.319. The first-order valence-corrected chi connectivity index (χ1v) is 7.24. The number of hydrogen-bond donors (Lipinski definition) is 1. The maximum atomic E-state index is 12.5. The van der Waals surface area contributed by atoms with Crippen molar-refractivity contribution in [1.82, 2.24) is 9.55 Å². The Morgan fingerprint density at radius 3 is 2.75 bits per heavy atom. The third kappa shape index (κ3) is 3.72. The highest BCUT2D eigenvalue weighted by molar-refractivity contribution is 7.99. The average Bonchev–Trinajstić information content (AvgIpc) is 2.85. The summed E-state index contributed by atoms with van der Waals surface area (Å²) in [5.74, 6) is -2.42. The molecule has 0 aliphatic carbocycles. The molecular formula is C14H17F2N3S. The number of aromatic nitrogens is 2. The molecular weight excluding hydrogens is 280 g/mol. The molecule has 0 spiro atoms. The van der Waals surface area contributed by atoms with Crippen molar-refractivity contribution in [2.75, 3.05) is 5.32 Å². The smallest absolute Gasteiger partial charge is 0.288 e. The van der Waals surface area contributed by atoms with Crippen LogP contribution in [0.2, 0.25) is 0 Å². The number of halogens is 2. The fourth-order valence-corrected chi connectivity index (χ4v) is 2.55. The molecule has 3 nitrogen and oxygen atoms in total. The number of rotatable bonds is 6. The topological polar surface area (TPSA) is 29.9 Å². The maximum absolute atomic E-state index is 12.5. The van der Waals surface area contributed by atoms with E-state index in [1.807, 2.05) is 6.07 Å². The number of para-hydroxylation sites is 1. The van der Waals surface area contributed by atoms with E-state index in [0.717, 1.165) is 5.69 Å². The van der Waals surface area contributed by atoms with Crippen LogP contribution in [-0.4, -0.2) is 15.3 Å². The van der Waals surface area contributed by atoms with Gasteiger partial charge in [0, 0.05) is 22.8 Å². The summed E-state index contributed by atoms with van der Waals surface area (Å²) in [6.07, 6.45) is 3.57. The Kier molecular flexibility index (Phi) is 5.00. The third-order valence-electron chi connectivity index (χ3n) is 2.87. The molecule has 2 aromatic rings. The summed E-state index contributed by atoms with van der Waals surface area (Å²) in [6, 6.07) is 7.41. The van der Waals surface area contributed by atoms with Crippen LogP contribution in [0.25, 0.3) is 0 Å². The van der Waals surface area contributed by atoms with Crippen molar-refractivity contribution in [3.63, 3.8) is 0 Å². The van der Waals surface area contributed by atoms with E-state index >= 15 is 0 Å². The number of anilines is 1. The fraction of sp³-hybridized carbons (Fsp3) is 0.357. The van der Waals surface area contributed by atoms with E-state index in [4.69, 9.17) is 0 Å². The van der Waals surface area contributed by atoms with Gasteiger partial charge in [-0.2, -0.15) is 8.78 Å². The second kappa shape index (κ2) is 6.74. The normalized spacial score (nSPS) is 11.3. The number of benzene rings is 1. The first-order chi connectivity index (χ1) is 9.58. The average molecular weight is 297 g/mol. The van der Waals surface area contributed by atoms with Crippen LogP contribution < -0.4 is 5.32 Å². The summed E-state index contributed by atoms with van der Waals surface area (Å²) in [4.78, 5) is 4.68. The number of thioether (sulfide) groups is 1. The van der Waals surface area contributed by atoms with Crippen molar-refractivity contribution >= 4 is 17.4 Å². The van der Waals surface area contributed by atoms with Gasteiger partial charge in [0.15, 0.2) is 0 Å². The molecule has 2 rings (SSSR count). The van der Waals surface area contributed by atoms with Gasteiger partial charge in [-0.15, -0.1) is 0 Å². The molecule has 0 amide bonds. The zero-order valence-corrected chi connectivity index (χ0v) is 12.2. The summed E-state index contributed by atoms with van der Waals surface area (Å²) in [5.41, 5.74) is 1.74. The highest BCUT2D eigenvalue weighted by Gasteiger charge is 2.10. The Bertz CT molecular complexity index is 555.